The Labute approximate surface area is 98.6 Å². The second-order valence-corrected chi connectivity index (χ2v) is 5.19. The van der Waals surface area contributed by atoms with Crippen molar-refractivity contribution in [2.24, 2.45) is 0 Å². The highest BCUT2D eigenvalue weighted by atomic mass is 16.3. The van der Waals surface area contributed by atoms with Gasteiger partial charge in [0.1, 0.15) is 0 Å². The first-order valence-electron chi connectivity index (χ1n) is 6.61. The number of hydrogen-bond donors (Lipinski definition) is 2. The van der Waals surface area contributed by atoms with E-state index in [9.17, 15) is 5.11 Å². The Balaban J connectivity index is 1.68. The molecule has 0 radical (unpaired) electrons. The van der Waals surface area contributed by atoms with Crippen LogP contribution >= 0.6 is 0 Å². The van der Waals surface area contributed by atoms with Crippen molar-refractivity contribution in [3.8, 4) is 0 Å². The summed E-state index contributed by atoms with van der Waals surface area (Å²) in [5.74, 6) is 0. The summed E-state index contributed by atoms with van der Waals surface area (Å²) in [6.45, 7) is 9.40. The second kappa shape index (κ2) is 5.96. The lowest BCUT2D eigenvalue weighted by Gasteiger charge is -2.31. The van der Waals surface area contributed by atoms with Crippen molar-refractivity contribution in [1.29, 1.82) is 0 Å². The predicted octanol–water partition coefficient (Wildman–Crippen LogP) is -0.263. The topological polar surface area (TPSA) is 38.7 Å². The third-order valence-electron chi connectivity index (χ3n) is 3.81. The molecule has 0 amide bonds. The van der Waals surface area contributed by atoms with Gasteiger partial charge in [0.2, 0.25) is 0 Å². The van der Waals surface area contributed by atoms with Gasteiger partial charge in [-0.2, -0.15) is 0 Å². The van der Waals surface area contributed by atoms with Crippen LogP contribution < -0.4 is 5.32 Å². The molecule has 0 saturated carbocycles. The van der Waals surface area contributed by atoms with Crippen molar-refractivity contribution >= 4 is 0 Å². The molecule has 2 rings (SSSR count). The highest BCUT2D eigenvalue weighted by molar-refractivity contribution is 4.79. The fourth-order valence-corrected chi connectivity index (χ4v) is 2.78. The van der Waals surface area contributed by atoms with Gasteiger partial charge in [-0.25, -0.2) is 0 Å². The molecule has 2 heterocycles. The van der Waals surface area contributed by atoms with Gasteiger partial charge in [-0.1, -0.05) is 0 Å². The Morgan fingerprint density at radius 2 is 2.00 bits per heavy atom. The lowest BCUT2D eigenvalue weighted by molar-refractivity contribution is 0.0675. The molecule has 2 saturated heterocycles. The number of aliphatic hydroxyl groups excluding tert-OH is 1. The molecule has 2 aliphatic heterocycles. The van der Waals surface area contributed by atoms with Crippen molar-refractivity contribution in [3.63, 3.8) is 0 Å². The molecule has 0 aromatic heterocycles. The number of nitrogens with zero attached hydrogens (tertiary/aromatic N) is 2. The summed E-state index contributed by atoms with van der Waals surface area (Å²) in [6, 6.07) is 0.665. The van der Waals surface area contributed by atoms with Crippen LogP contribution in [0, 0.1) is 0 Å². The summed E-state index contributed by atoms with van der Waals surface area (Å²) in [5, 5.41) is 13.4. The van der Waals surface area contributed by atoms with Gasteiger partial charge in [-0.15, -0.1) is 0 Å². The van der Waals surface area contributed by atoms with Crippen molar-refractivity contribution in [2.45, 2.75) is 31.9 Å². The van der Waals surface area contributed by atoms with Gasteiger partial charge in [0.05, 0.1) is 6.10 Å². The van der Waals surface area contributed by atoms with Crippen LogP contribution in [0.2, 0.25) is 0 Å². The molecule has 0 aliphatic carbocycles. The number of hydrogen-bond acceptors (Lipinski definition) is 4. The van der Waals surface area contributed by atoms with E-state index in [0.717, 1.165) is 39.3 Å². The molecule has 2 N–H and O–H groups in total. The Morgan fingerprint density at radius 1 is 1.25 bits per heavy atom. The number of likely N-dealkylation sites (tertiary alicyclic amines) is 1. The molecule has 2 fully saturated rings. The van der Waals surface area contributed by atoms with E-state index in [1.165, 1.54) is 19.4 Å². The normalized spacial score (nSPS) is 30.8. The number of nitrogens with one attached hydrogen (secondary N) is 1. The lowest BCUT2D eigenvalue weighted by Crippen LogP contribution is -2.48. The molecule has 0 aromatic carbocycles. The van der Waals surface area contributed by atoms with Gasteiger partial charge in [0.25, 0.3) is 0 Å². The van der Waals surface area contributed by atoms with E-state index < -0.39 is 0 Å². The maximum Gasteiger partial charge on any atom is 0.0793 e. The van der Waals surface area contributed by atoms with Gasteiger partial charge in [-0.3, -0.25) is 9.80 Å². The van der Waals surface area contributed by atoms with Crippen LogP contribution in [-0.4, -0.2) is 72.9 Å². The molecule has 0 aromatic rings. The maximum absolute atomic E-state index is 10.1. The van der Waals surface area contributed by atoms with Gasteiger partial charge in [0, 0.05) is 45.3 Å². The van der Waals surface area contributed by atoms with E-state index in [2.05, 4.69) is 22.0 Å². The van der Waals surface area contributed by atoms with E-state index in [1.54, 1.807) is 0 Å². The molecule has 4 heteroatoms. The highest BCUT2D eigenvalue weighted by Gasteiger charge is 2.23. The molecule has 4 nitrogen and oxygen atoms in total. The van der Waals surface area contributed by atoms with E-state index in [4.69, 9.17) is 0 Å². The SMILES string of the molecule is CC1CCCN1CC(O)CN1CCNCC1. The fourth-order valence-electron chi connectivity index (χ4n) is 2.78. The van der Waals surface area contributed by atoms with Gasteiger partial charge in [0.15, 0.2) is 0 Å². The third-order valence-corrected chi connectivity index (χ3v) is 3.81. The average Bonchev–Trinajstić information content (AvgIpc) is 2.66. The van der Waals surface area contributed by atoms with Crippen molar-refractivity contribution < 1.29 is 5.11 Å². The van der Waals surface area contributed by atoms with Crippen LogP contribution in [0.5, 0.6) is 0 Å². The van der Waals surface area contributed by atoms with E-state index in [1.807, 2.05) is 0 Å². The predicted molar refractivity (Wildman–Crippen MR) is 65.6 cm³/mol. The van der Waals surface area contributed by atoms with Crippen molar-refractivity contribution in [2.75, 3.05) is 45.8 Å². The lowest BCUT2D eigenvalue weighted by atomic mass is 10.2. The summed E-state index contributed by atoms with van der Waals surface area (Å²) in [5.41, 5.74) is 0. The molecule has 2 aliphatic rings. The Kier molecular flexibility index (Phi) is 4.58. The largest absolute Gasteiger partial charge is 0.390 e. The molecular formula is C12H25N3O. The summed E-state index contributed by atoms with van der Waals surface area (Å²) in [6.07, 6.45) is 2.40. The highest BCUT2D eigenvalue weighted by Crippen LogP contribution is 2.16. The Hall–Kier alpha value is -0.160. The van der Waals surface area contributed by atoms with Crippen LogP contribution in [0.25, 0.3) is 0 Å². The second-order valence-electron chi connectivity index (χ2n) is 5.19. The molecular weight excluding hydrogens is 202 g/mol. The third kappa shape index (κ3) is 3.42. The molecule has 0 spiro atoms. The van der Waals surface area contributed by atoms with Crippen LogP contribution in [0.15, 0.2) is 0 Å². The fraction of sp³-hybridized carbons (Fsp3) is 1.00. The Morgan fingerprint density at radius 3 is 2.62 bits per heavy atom. The molecule has 0 bridgehead atoms. The molecule has 2 unspecified atom stereocenters. The molecule has 16 heavy (non-hydrogen) atoms. The summed E-state index contributed by atoms with van der Waals surface area (Å²) in [7, 11) is 0. The average molecular weight is 227 g/mol. The van der Waals surface area contributed by atoms with Crippen LogP contribution in [0.3, 0.4) is 0 Å². The van der Waals surface area contributed by atoms with Crippen LogP contribution in [0.4, 0.5) is 0 Å². The zero-order valence-electron chi connectivity index (χ0n) is 10.4. The molecule has 2 atom stereocenters. The van der Waals surface area contributed by atoms with Gasteiger partial charge < -0.3 is 10.4 Å². The summed E-state index contributed by atoms with van der Waals surface area (Å²) in [4.78, 5) is 4.79. The monoisotopic (exact) mass is 227 g/mol. The van der Waals surface area contributed by atoms with Crippen LogP contribution in [0.1, 0.15) is 19.8 Å². The van der Waals surface area contributed by atoms with Gasteiger partial charge >= 0.3 is 0 Å². The minimum absolute atomic E-state index is 0.182. The first-order valence-corrected chi connectivity index (χ1v) is 6.61. The van der Waals surface area contributed by atoms with E-state index in [0.29, 0.717) is 6.04 Å². The number of piperazine rings is 1. The zero-order chi connectivity index (χ0) is 11.4. The van der Waals surface area contributed by atoms with Gasteiger partial charge in [-0.05, 0) is 26.3 Å². The van der Waals surface area contributed by atoms with Crippen molar-refractivity contribution in [1.82, 2.24) is 15.1 Å². The van der Waals surface area contributed by atoms with E-state index >= 15 is 0 Å². The minimum Gasteiger partial charge on any atom is -0.390 e. The quantitative estimate of drug-likeness (QED) is 0.694. The zero-order valence-corrected chi connectivity index (χ0v) is 10.4. The minimum atomic E-state index is -0.182. The number of β-amino-alcohol motifs (C(OH)–C–C–N with tert-alkyl or cyclic N) is 1. The van der Waals surface area contributed by atoms with Crippen LogP contribution in [-0.2, 0) is 0 Å². The summed E-state index contributed by atoms with van der Waals surface area (Å²) >= 11 is 0. The smallest absolute Gasteiger partial charge is 0.0793 e. The first kappa shape index (κ1) is 12.3. The van der Waals surface area contributed by atoms with E-state index in [-0.39, 0.29) is 6.10 Å². The number of aliphatic hydroxyl groups is 1. The number of rotatable bonds is 4. The Bertz CT molecular complexity index is 206. The first-order chi connectivity index (χ1) is 7.75. The van der Waals surface area contributed by atoms with Crippen molar-refractivity contribution in [3.05, 3.63) is 0 Å². The molecule has 94 valence electrons. The standard InChI is InChI=1S/C12H25N3O/c1-11-3-2-6-15(11)10-12(16)9-14-7-4-13-5-8-14/h11-13,16H,2-10H2,1H3. The summed E-state index contributed by atoms with van der Waals surface area (Å²) < 4.78 is 0. The maximum atomic E-state index is 10.1.